The molecule has 65 valence electrons. The Morgan fingerprint density at radius 3 is 2.42 bits per heavy atom. The van der Waals surface area contributed by atoms with Crippen molar-refractivity contribution < 1.29 is 8.42 Å². The first kappa shape index (κ1) is 9.70. The molecule has 0 amide bonds. The maximum atomic E-state index is 11.2. The van der Waals surface area contributed by atoms with Crippen LogP contribution in [0.25, 0.3) is 0 Å². The van der Waals surface area contributed by atoms with E-state index in [-0.39, 0.29) is 4.90 Å². The molecule has 0 atom stereocenters. The number of rotatable bonds is 2. The monoisotopic (exact) mass is 248 g/mol. The van der Waals surface area contributed by atoms with Crippen LogP contribution in [0.4, 0.5) is 0 Å². The van der Waals surface area contributed by atoms with Crippen LogP contribution in [0.15, 0.2) is 33.6 Å². The third-order valence-electron chi connectivity index (χ3n) is 1.32. The van der Waals surface area contributed by atoms with Gasteiger partial charge in [0.25, 0.3) is 0 Å². The molecule has 0 spiro atoms. The molecule has 0 aliphatic rings. The Bertz CT molecular complexity index is 375. The van der Waals surface area contributed by atoms with Crippen LogP contribution in [0.3, 0.4) is 0 Å². The van der Waals surface area contributed by atoms with Gasteiger partial charge in [0.2, 0.25) is 10.0 Å². The van der Waals surface area contributed by atoms with E-state index in [9.17, 15) is 8.42 Å². The molecule has 0 aromatic heterocycles. The summed E-state index contributed by atoms with van der Waals surface area (Å²) in [4.78, 5) is 0.194. The summed E-state index contributed by atoms with van der Waals surface area (Å²) in [7, 11) is -0.321. The summed E-state index contributed by atoms with van der Waals surface area (Å²) >= 11 is 3.13. The smallest absolute Gasteiger partial charge is 0.210 e. The SMILES string of the molecule is [CH2]NS(=O)(=O)c1ccccc1Br. The average Bonchev–Trinajstić information content (AvgIpc) is 2.05. The van der Waals surface area contributed by atoms with E-state index >= 15 is 0 Å². The van der Waals surface area contributed by atoms with Gasteiger partial charge in [-0.2, -0.15) is 0 Å². The van der Waals surface area contributed by atoms with Gasteiger partial charge >= 0.3 is 0 Å². The zero-order valence-electron chi connectivity index (χ0n) is 6.12. The zero-order chi connectivity index (χ0) is 9.19. The van der Waals surface area contributed by atoms with Gasteiger partial charge in [0.1, 0.15) is 0 Å². The van der Waals surface area contributed by atoms with Gasteiger partial charge < -0.3 is 0 Å². The lowest BCUT2D eigenvalue weighted by molar-refractivity contribution is 0.590. The molecule has 0 bridgehead atoms. The van der Waals surface area contributed by atoms with Crippen molar-refractivity contribution in [3.8, 4) is 0 Å². The molecule has 0 saturated heterocycles. The maximum Gasteiger partial charge on any atom is 0.241 e. The van der Waals surface area contributed by atoms with Crippen LogP contribution in [0.2, 0.25) is 0 Å². The molecule has 0 aliphatic carbocycles. The van der Waals surface area contributed by atoms with E-state index in [0.29, 0.717) is 4.47 Å². The normalized spacial score (nSPS) is 11.5. The second-order valence-corrected chi connectivity index (χ2v) is 4.67. The largest absolute Gasteiger partial charge is 0.241 e. The van der Waals surface area contributed by atoms with E-state index in [2.05, 4.69) is 23.0 Å². The van der Waals surface area contributed by atoms with E-state index in [1.807, 2.05) is 4.72 Å². The van der Waals surface area contributed by atoms with E-state index in [4.69, 9.17) is 0 Å². The van der Waals surface area contributed by atoms with E-state index in [1.165, 1.54) is 6.07 Å². The summed E-state index contributed by atoms with van der Waals surface area (Å²) in [5.41, 5.74) is 0. The molecule has 0 heterocycles. The Morgan fingerprint density at radius 2 is 1.92 bits per heavy atom. The molecule has 3 nitrogen and oxygen atoms in total. The fourth-order valence-corrected chi connectivity index (χ4v) is 2.40. The minimum Gasteiger partial charge on any atom is -0.210 e. The molecule has 1 aromatic rings. The molecule has 1 aromatic carbocycles. The molecule has 1 N–H and O–H groups in total. The average molecular weight is 249 g/mol. The minimum absolute atomic E-state index is 0.194. The molecule has 12 heavy (non-hydrogen) atoms. The summed E-state index contributed by atoms with van der Waals surface area (Å²) in [6, 6.07) is 6.54. The fraction of sp³-hybridized carbons (Fsp3) is 0. The van der Waals surface area contributed by atoms with Gasteiger partial charge in [0.05, 0.1) is 4.90 Å². The summed E-state index contributed by atoms with van der Waals surface area (Å²) in [5.74, 6) is 0. The van der Waals surface area contributed by atoms with Crippen molar-refractivity contribution in [3.63, 3.8) is 0 Å². The first-order chi connectivity index (χ1) is 5.58. The maximum absolute atomic E-state index is 11.2. The van der Waals surface area contributed by atoms with Gasteiger partial charge in [0, 0.05) is 11.5 Å². The van der Waals surface area contributed by atoms with Gasteiger partial charge in [-0.05, 0) is 28.1 Å². The number of halogens is 1. The Labute approximate surface area is 80.0 Å². The topological polar surface area (TPSA) is 46.2 Å². The summed E-state index contributed by atoms with van der Waals surface area (Å²) in [6.45, 7) is 0. The van der Waals surface area contributed by atoms with Crippen LogP contribution < -0.4 is 4.72 Å². The number of hydrogen-bond acceptors (Lipinski definition) is 2. The van der Waals surface area contributed by atoms with Crippen LogP contribution in [0, 0.1) is 7.05 Å². The number of sulfonamides is 1. The fourth-order valence-electron chi connectivity index (χ4n) is 0.740. The van der Waals surface area contributed by atoms with E-state index in [1.54, 1.807) is 18.2 Å². The predicted octanol–water partition coefficient (Wildman–Crippen LogP) is 1.52. The van der Waals surface area contributed by atoms with Crippen LogP contribution in [0.1, 0.15) is 0 Å². The number of hydrogen-bond donors (Lipinski definition) is 1. The zero-order valence-corrected chi connectivity index (χ0v) is 8.52. The van der Waals surface area contributed by atoms with Gasteiger partial charge in [-0.1, -0.05) is 12.1 Å². The lowest BCUT2D eigenvalue weighted by Crippen LogP contribution is -2.16. The Balaban J connectivity index is 3.30. The molecule has 0 aliphatic heterocycles. The highest BCUT2D eigenvalue weighted by Gasteiger charge is 2.13. The van der Waals surface area contributed by atoms with Gasteiger partial charge in [0.15, 0.2) is 0 Å². The van der Waals surface area contributed by atoms with Gasteiger partial charge in [-0.25, -0.2) is 13.1 Å². The van der Waals surface area contributed by atoms with Crippen molar-refractivity contribution >= 4 is 26.0 Å². The van der Waals surface area contributed by atoms with Crippen molar-refractivity contribution in [3.05, 3.63) is 35.8 Å². The summed E-state index contributed by atoms with van der Waals surface area (Å²) in [5, 5.41) is 0. The lowest BCUT2D eigenvalue weighted by Gasteiger charge is -2.03. The van der Waals surface area contributed by atoms with Crippen LogP contribution in [-0.2, 0) is 10.0 Å². The summed E-state index contributed by atoms with van der Waals surface area (Å²) < 4.78 is 25.0. The molecule has 5 heteroatoms. The first-order valence-electron chi connectivity index (χ1n) is 3.11. The third-order valence-corrected chi connectivity index (χ3v) is 3.59. The second-order valence-electron chi connectivity index (χ2n) is 2.08. The second kappa shape index (κ2) is 3.55. The predicted molar refractivity (Wildman–Crippen MR) is 49.8 cm³/mol. The first-order valence-corrected chi connectivity index (χ1v) is 5.39. The molecule has 1 radical (unpaired) electrons. The van der Waals surface area contributed by atoms with Crippen molar-refractivity contribution in [1.82, 2.24) is 4.72 Å². The van der Waals surface area contributed by atoms with Crippen LogP contribution >= 0.6 is 15.9 Å². The molecule has 1 rings (SSSR count). The van der Waals surface area contributed by atoms with Crippen LogP contribution in [-0.4, -0.2) is 8.42 Å². The van der Waals surface area contributed by atoms with Crippen molar-refractivity contribution in [2.45, 2.75) is 4.90 Å². The Morgan fingerprint density at radius 1 is 1.33 bits per heavy atom. The number of nitrogens with one attached hydrogen (secondary N) is 1. The van der Waals surface area contributed by atoms with E-state index in [0.717, 1.165) is 0 Å². The molecule has 0 fully saturated rings. The lowest BCUT2D eigenvalue weighted by atomic mass is 10.4. The quantitative estimate of drug-likeness (QED) is 0.863. The minimum atomic E-state index is -3.44. The van der Waals surface area contributed by atoms with Gasteiger partial charge in [-0.15, -0.1) is 0 Å². The van der Waals surface area contributed by atoms with E-state index < -0.39 is 10.0 Å². The van der Waals surface area contributed by atoms with Crippen molar-refractivity contribution in [1.29, 1.82) is 0 Å². The standard InChI is InChI=1S/C7H7BrNO2S/c1-9-12(10,11)7-5-3-2-4-6(7)8/h2-5,9H,1H2. The molecule has 0 saturated carbocycles. The Hall–Kier alpha value is -0.390. The van der Waals surface area contributed by atoms with Crippen molar-refractivity contribution in [2.24, 2.45) is 0 Å². The van der Waals surface area contributed by atoms with Gasteiger partial charge in [-0.3, -0.25) is 0 Å². The molecular weight excluding hydrogens is 242 g/mol. The van der Waals surface area contributed by atoms with Crippen molar-refractivity contribution in [2.75, 3.05) is 0 Å². The highest BCUT2D eigenvalue weighted by atomic mass is 79.9. The number of benzene rings is 1. The highest BCUT2D eigenvalue weighted by Crippen LogP contribution is 2.20. The Kier molecular flexibility index (Phi) is 2.87. The van der Waals surface area contributed by atoms with Crippen LogP contribution in [0.5, 0.6) is 0 Å². The third kappa shape index (κ3) is 1.85. The summed E-state index contributed by atoms with van der Waals surface area (Å²) in [6.07, 6.45) is 0. The molecular formula is C7H7BrNO2S. The highest BCUT2D eigenvalue weighted by molar-refractivity contribution is 9.10. The molecule has 0 unspecified atom stereocenters.